The number of hydrogen-bond acceptors (Lipinski definition) is 8. The van der Waals surface area contributed by atoms with Gasteiger partial charge in [0, 0.05) is 11.1 Å². The minimum atomic E-state index is -4.77. The molecule has 0 aliphatic carbocycles. The Morgan fingerprint density at radius 1 is 0.857 bits per heavy atom. The maximum atomic E-state index is 14.4. The number of hydrogen-bond donors (Lipinski definition) is 2. The molecule has 49 heavy (non-hydrogen) atoms. The predicted molar refractivity (Wildman–Crippen MR) is 163 cm³/mol. The summed E-state index contributed by atoms with van der Waals surface area (Å²) in [6.45, 7) is 5.21. The Morgan fingerprint density at radius 3 is 1.71 bits per heavy atom. The first-order chi connectivity index (χ1) is 22.6. The number of halogens is 10. The zero-order valence-corrected chi connectivity index (χ0v) is 27.0. The molecule has 0 fully saturated rings. The van der Waals surface area contributed by atoms with Gasteiger partial charge in [0.05, 0.1) is 51.5 Å². The molecule has 0 bridgehead atoms. The van der Waals surface area contributed by atoms with Gasteiger partial charge in [0.1, 0.15) is 17.4 Å². The van der Waals surface area contributed by atoms with Crippen LogP contribution < -0.4 is 22.2 Å². The highest BCUT2D eigenvalue weighted by molar-refractivity contribution is 6.33. The van der Waals surface area contributed by atoms with Crippen LogP contribution in [-0.2, 0) is 21.9 Å². The van der Waals surface area contributed by atoms with E-state index in [1.54, 1.807) is 6.92 Å². The number of nitrogens with two attached hydrogens (primary N) is 1. The van der Waals surface area contributed by atoms with Gasteiger partial charge in [-0.2, -0.15) is 45.9 Å². The molecule has 0 spiro atoms. The number of benzene rings is 2. The van der Waals surface area contributed by atoms with Crippen LogP contribution in [0.1, 0.15) is 36.1 Å². The van der Waals surface area contributed by atoms with Gasteiger partial charge >= 0.3 is 18.3 Å². The van der Waals surface area contributed by atoms with Gasteiger partial charge in [-0.05, 0) is 52.0 Å². The lowest BCUT2D eigenvalue weighted by Crippen LogP contribution is -2.29. The lowest BCUT2D eigenvalue weighted by Gasteiger charge is -2.17. The van der Waals surface area contributed by atoms with E-state index in [0.29, 0.717) is 21.8 Å². The Hall–Kier alpha value is -4.71. The second kappa shape index (κ2) is 14.8. The molecule has 4 rings (SSSR count). The van der Waals surface area contributed by atoms with Crippen molar-refractivity contribution in [3.05, 3.63) is 101 Å². The van der Waals surface area contributed by atoms with Crippen LogP contribution in [0.15, 0.2) is 46.2 Å². The van der Waals surface area contributed by atoms with E-state index in [-0.39, 0.29) is 33.7 Å². The molecule has 0 amide bonds. The average molecular weight is 743 g/mol. The van der Waals surface area contributed by atoms with Crippen LogP contribution in [0, 0.1) is 25.5 Å². The fourth-order valence-electron chi connectivity index (χ4n) is 4.08. The van der Waals surface area contributed by atoms with E-state index in [1.165, 1.54) is 6.92 Å². The minimum Gasteiger partial charge on any atom is -0.464 e. The fraction of sp³-hybridized carbons (Fsp3) is 0.276. The summed E-state index contributed by atoms with van der Waals surface area (Å²) in [6, 6.07) is 2.97. The molecule has 0 aliphatic heterocycles. The first-order valence-electron chi connectivity index (χ1n) is 13.6. The number of ether oxygens (including phenoxy) is 1. The maximum absolute atomic E-state index is 14.4. The van der Waals surface area contributed by atoms with Gasteiger partial charge < -0.3 is 15.8 Å². The van der Waals surface area contributed by atoms with Crippen molar-refractivity contribution in [2.75, 3.05) is 17.7 Å². The molecule has 20 heteroatoms. The maximum Gasteiger partial charge on any atom is 0.418 e. The summed E-state index contributed by atoms with van der Waals surface area (Å²) in [7, 11) is 0. The van der Waals surface area contributed by atoms with Crippen molar-refractivity contribution in [1.82, 2.24) is 19.6 Å². The Kier molecular flexibility index (Phi) is 11.7. The summed E-state index contributed by atoms with van der Waals surface area (Å²) in [6.07, 6.45) is -8.58. The van der Waals surface area contributed by atoms with Gasteiger partial charge in [0.25, 0.3) is 11.1 Å². The highest BCUT2D eigenvalue weighted by Gasteiger charge is 2.35. The van der Waals surface area contributed by atoms with E-state index in [1.807, 2.05) is 0 Å². The molecule has 2 aromatic carbocycles. The Balaban J connectivity index is 0.000000276. The van der Waals surface area contributed by atoms with Crippen LogP contribution in [-0.4, -0.2) is 38.2 Å². The fourth-order valence-corrected chi connectivity index (χ4v) is 4.43. The normalized spacial score (nSPS) is 12.2. The highest BCUT2D eigenvalue weighted by atomic mass is 35.5. The molecular weight excluding hydrogens is 719 g/mol. The van der Waals surface area contributed by atoms with Gasteiger partial charge in [-0.15, -0.1) is 0 Å². The number of nitrogen functional groups attached to an aromatic ring is 1. The van der Waals surface area contributed by atoms with Crippen LogP contribution in [0.4, 0.5) is 46.5 Å². The van der Waals surface area contributed by atoms with Crippen LogP contribution in [0.5, 0.6) is 0 Å². The van der Waals surface area contributed by atoms with Gasteiger partial charge in [0.15, 0.2) is 11.6 Å². The van der Waals surface area contributed by atoms with Crippen LogP contribution in [0.3, 0.4) is 0 Å². The molecule has 2 aromatic heterocycles. The molecule has 0 saturated carbocycles. The molecule has 1 unspecified atom stereocenters. The summed E-state index contributed by atoms with van der Waals surface area (Å²) in [5.41, 5.74) is -1.11. The first-order valence-corrected chi connectivity index (χ1v) is 14.3. The molecule has 2 heterocycles. The third-order valence-corrected chi connectivity index (χ3v) is 7.26. The Morgan fingerprint density at radius 2 is 1.29 bits per heavy atom. The van der Waals surface area contributed by atoms with Crippen molar-refractivity contribution in [1.29, 1.82) is 0 Å². The number of nitrogens with zero attached hydrogens (tertiary/aromatic N) is 4. The molecule has 264 valence electrons. The quantitative estimate of drug-likeness (QED) is 0.128. The number of alkyl halides is 6. The third kappa shape index (κ3) is 8.66. The minimum absolute atomic E-state index is 0.0284. The van der Waals surface area contributed by atoms with Crippen LogP contribution in [0.2, 0.25) is 10.0 Å². The molecule has 4 aromatic rings. The van der Waals surface area contributed by atoms with Gasteiger partial charge in [-0.25, -0.2) is 13.6 Å². The van der Waals surface area contributed by atoms with Crippen LogP contribution in [0.25, 0.3) is 11.4 Å². The highest BCUT2D eigenvalue weighted by Crippen LogP contribution is 2.32. The number of carbonyl (C=O) groups excluding carboxylic acids is 1. The predicted octanol–water partition coefficient (Wildman–Crippen LogP) is 6.65. The molecule has 3 N–H and O–H groups in total. The number of aromatic nitrogens is 4. The molecular formula is C29H24Cl2F8N6O4. The smallest absolute Gasteiger partial charge is 0.418 e. The zero-order chi connectivity index (χ0) is 37.2. The topological polar surface area (TPSA) is 134 Å². The lowest BCUT2D eigenvalue weighted by molar-refractivity contribution is -0.143. The van der Waals surface area contributed by atoms with E-state index in [2.05, 4.69) is 15.5 Å². The molecule has 1 atom stereocenters. The van der Waals surface area contributed by atoms with E-state index < -0.39 is 75.1 Å². The number of rotatable bonds is 6. The van der Waals surface area contributed by atoms with Gasteiger partial charge in [-0.3, -0.25) is 9.59 Å². The Bertz CT molecular complexity index is 2020. The second-order valence-electron chi connectivity index (χ2n) is 10.0. The van der Waals surface area contributed by atoms with Crippen molar-refractivity contribution >= 4 is 40.5 Å². The number of anilines is 2. The van der Waals surface area contributed by atoms with Crippen molar-refractivity contribution in [2.24, 2.45) is 0 Å². The van der Waals surface area contributed by atoms with E-state index in [9.17, 15) is 49.5 Å². The Labute approximate surface area is 281 Å². The van der Waals surface area contributed by atoms with Crippen molar-refractivity contribution < 1.29 is 44.7 Å². The summed E-state index contributed by atoms with van der Waals surface area (Å²) >= 11 is 11.6. The molecule has 0 saturated heterocycles. The zero-order valence-electron chi connectivity index (χ0n) is 25.5. The average Bonchev–Trinajstić information content (AvgIpc) is 2.98. The summed E-state index contributed by atoms with van der Waals surface area (Å²) < 4.78 is 111. The van der Waals surface area contributed by atoms with Crippen molar-refractivity contribution in [3.8, 4) is 11.4 Å². The van der Waals surface area contributed by atoms with E-state index in [4.69, 9.17) is 33.7 Å². The summed E-state index contributed by atoms with van der Waals surface area (Å²) in [5.74, 6) is -2.50. The van der Waals surface area contributed by atoms with Crippen molar-refractivity contribution in [2.45, 2.75) is 46.1 Å². The third-order valence-electron chi connectivity index (χ3n) is 6.62. The largest absolute Gasteiger partial charge is 0.464 e. The first kappa shape index (κ1) is 38.7. The summed E-state index contributed by atoms with van der Waals surface area (Å²) in [4.78, 5) is 36.0. The standard InChI is InChI=1S/C17H16ClF4N3O3.C12H8ClF4N3O/c1-4-28-16(27)9(3)24-13-6-14(12(19)5-11(13)18)25-15(26)8(2)10(7-23-25)17(20,21)22;1-5-6(12(15,16)17)4-19-20(11(5)21)10-3-9(18)7(13)2-8(10)14/h5-7,9,24H,4H2,1-3H3;2-4H,18H2,1H3. The van der Waals surface area contributed by atoms with Crippen molar-refractivity contribution in [3.63, 3.8) is 0 Å². The molecule has 0 radical (unpaired) electrons. The number of nitrogens with one attached hydrogen (secondary N) is 1. The molecule has 0 aliphatic rings. The summed E-state index contributed by atoms with van der Waals surface area (Å²) in [5, 5.41) is 9.31. The van der Waals surface area contributed by atoms with Crippen LogP contribution >= 0.6 is 23.2 Å². The second-order valence-corrected chi connectivity index (χ2v) is 10.8. The SMILES string of the molecule is CCOC(=O)C(C)Nc1cc(-n2ncc(C(F)(F)F)c(C)c2=O)c(F)cc1Cl.Cc1c(C(F)(F)F)cnn(-c2cc(N)c(Cl)cc2F)c1=O. The monoisotopic (exact) mass is 742 g/mol. The lowest BCUT2D eigenvalue weighted by atomic mass is 10.1. The van der Waals surface area contributed by atoms with Gasteiger partial charge in [-0.1, -0.05) is 23.2 Å². The van der Waals surface area contributed by atoms with E-state index in [0.717, 1.165) is 38.1 Å². The number of carbonyl (C=O) groups is 1. The number of esters is 1. The molecule has 10 nitrogen and oxygen atoms in total. The van der Waals surface area contributed by atoms with E-state index >= 15 is 0 Å². The van der Waals surface area contributed by atoms with Gasteiger partial charge in [0.2, 0.25) is 0 Å².